The highest BCUT2D eigenvalue weighted by molar-refractivity contribution is 6.09. The molecule has 0 saturated heterocycles. The highest BCUT2D eigenvalue weighted by Crippen LogP contribution is 2.29. The van der Waals surface area contributed by atoms with Crippen molar-refractivity contribution in [3.05, 3.63) is 48.5 Å². The number of methoxy groups -OCH3 is 2. The summed E-state index contributed by atoms with van der Waals surface area (Å²) in [6.07, 6.45) is -0.252. The van der Waals surface area contributed by atoms with Gasteiger partial charge < -0.3 is 19.7 Å². The van der Waals surface area contributed by atoms with Crippen LogP contribution in [0, 0.1) is 0 Å². The number of rotatable bonds is 7. The summed E-state index contributed by atoms with van der Waals surface area (Å²) in [7, 11) is 3.05. The SMILES string of the molecule is CCN(C(=O)CC(=O)Nc1ccc(OC)cc1OC)c1ccccc1. The molecule has 2 amide bonds. The van der Waals surface area contributed by atoms with Crippen LogP contribution >= 0.6 is 0 Å². The Morgan fingerprint density at radius 2 is 1.76 bits per heavy atom. The second-order valence-corrected chi connectivity index (χ2v) is 5.26. The lowest BCUT2D eigenvalue weighted by Crippen LogP contribution is -2.33. The molecule has 0 heterocycles. The molecule has 0 aliphatic carbocycles. The summed E-state index contributed by atoms with van der Waals surface area (Å²) in [5, 5.41) is 2.71. The summed E-state index contributed by atoms with van der Waals surface area (Å²) in [6, 6.07) is 14.3. The van der Waals surface area contributed by atoms with Gasteiger partial charge in [0.25, 0.3) is 0 Å². The van der Waals surface area contributed by atoms with Crippen LogP contribution in [0.3, 0.4) is 0 Å². The maximum absolute atomic E-state index is 12.4. The van der Waals surface area contributed by atoms with Crippen LogP contribution in [0.15, 0.2) is 48.5 Å². The van der Waals surface area contributed by atoms with Crippen LogP contribution in [0.25, 0.3) is 0 Å². The first kappa shape index (κ1) is 18.3. The van der Waals surface area contributed by atoms with Gasteiger partial charge in [-0.05, 0) is 31.2 Å². The zero-order valence-electron chi connectivity index (χ0n) is 14.6. The smallest absolute Gasteiger partial charge is 0.236 e. The van der Waals surface area contributed by atoms with Crippen LogP contribution in [0.5, 0.6) is 11.5 Å². The maximum Gasteiger partial charge on any atom is 0.236 e. The molecule has 0 aliphatic heterocycles. The Labute approximate surface area is 147 Å². The third-order valence-corrected chi connectivity index (χ3v) is 3.68. The summed E-state index contributed by atoms with van der Waals surface area (Å²) in [5.74, 6) is 0.421. The molecule has 25 heavy (non-hydrogen) atoms. The predicted octanol–water partition coefficient (Wildman–Crippen LogP) is 3.09. The topological polar surface area (TPSA) is 67.9 Å². The average molecular weight is 342 g/mol. The van der Waals surface area contributed by atoms with Gasteiger partial charge in [0.2, 0.25) is 11.8 Å². The zero-order valence-corrected chi connectivity index (χ0v) is 14.6. The van der Waals surface area contributed by atoms with Crippen LogP contribution in [0.1, 0.15) is 13.3 Å². The van der Waals surface area contributed by atoms with Crippen LogP contribution in [-0.2, 0) is 9.59 Å². The number of anilines is 2. The van der Waals surface area contributed by atoms with Crippen molar-refractivity contribution in [3.8, 4) is 11.5 Å². The van der Waals surface area contributed by atoms with E-state index in [9.17, 15) is 9.59 Å². The van der Waals surface area contributed by atoms with Gasteiger partial charge in [0.1, 0.15) is 17.9 Å². The summed E-state index contributed by atoms with van der Waals surface area (Å²) in [4.78, 5) is 26.3. The number of carbonyl (C=O) groups excluding carboxylic acids is 2. The number of hydrogen-bond acceptors (Lipinski definition) is 4. The highest BCUT2D eigenvalue weighted by atomic mass is 16.5. The van der Waals surface area contributed by atoms with Gasteiger partial charge in [-0.2, -0.15) is 0 Å². The van der Waals surface area contributed by atoms with E-state index in [1.807, 2.05) is 37.3 Å². The third-order valence-electron chi connectivity index (χ3n) is 3.68. The summed E-state index contributed by atoms with van der Waals surface area (Å²) in [6.45, 7) is 2.36. The second-order valence-electron chi connectivity index (χ2n) is 5.26. The molecule has 0 saturated carbocycles. The van der Waals surface area contributed by atoms with Crippen molar-refractivity contribution < 1.29 is 19.1 Å². The van der Waals surface area contributed by atoms with E-state index >= 15 is 0 Å². The molecular formula is C19H22N2O4. The molecule has 0 atom stereocenters. The van der Waals surface area contributed by atoms with Crippen molar-refractivity contribution in [2.75, 3.05) is 31.0 Å². The van der Waals surface area contributed by atoms with Gasteiger partial charge in [-0.1, -0.05) is 18.2 Å². The summed E-state index contributed by atoms with van der Waals surface area (Å²) in [5.41, 5.74) is 1.26. The molecule has 0 aromatic heterocycles. The van der Waals surface area contributed by atoms with E-state index in [-0.39, 0.29) is 12.3 Å². The third kappa shape index (κ3) is 4.73. The monoisotopic (exact) mass is 342 g/mol. The van der Waals surface area contributed by atoms with Crippen molar-refractivity contribution in [2.45, 2.75) is 13.3 Å². The number of carbonyl (C=O) groups is 2. The Morgan fingerprint density at radius 3 is 2.36 bits per heavy atom. The van der Waals surface area contributed by atoms with E-state index in [1.165, 1.54) is 7.11 Å². The number of nitrogens with one attached hydrogen (secondary N) is 1. The van der Waals surface area contributed by atoms with Crippen LogP contribution in [0.2, 0.25) is 0 Å². The first-order chi connectivity index (χ1) is 12.1. The molecule has 2 rings (SSSR count). The van der Waals surface area contributed by atoms with Gasteiger partial charge >= 0.3 is 0 Å². The quantitative estimate of drug-likeness (QED) is 0.785. The Bertz CT molecular complexity index is 731. The van der Waals surface area contributed by atoms with Gasteiger partial charge in [0.15, 0.2) is 0 Å². The van der Waals surface area contributed by atoms with Gasteiger partial charge in [-0.15, -0.1) is 0 Å². The van der Waals surface area contributed by atoms with Crippen LogP contribution in [0.4, 0.5) is 11.4 Å². The molecule has 0 fully saturated rings. The summed E-state index contributed by atoms with van der Waals surface area (Å²) >= 11 is 0. The molecule has 0 unspecified atom stereocenters. The van der Waals surface area contributed by atoms with Crippen LogP contribution < -0.4 is 19.7 Å². The lowest BCUT2D eigenvalue weighted by atomic mass is 10.2. The van der Waals surface area contributed by atoms with Crippen molar-refractivity contribution in [1.29, 1.82) is 0 Å². The van der Waals surface area contributed by atoms with E-state index in [2.05, 4.69) is 5.32 Å². The number of amides is 2. The minimum atomic E-state index is -0.400. The molecular weight excluding hydrogens is 320 g/mol. The Hall–Kier alpha value is -3.02. The van der Waals surface area contributed by atoms with E-state index in [0.717, 1.165) is 5.69 Å². The molecule has 2 aromatic carbocycles. The molecule has 0 aliphatic rings. The minimum absolute atomic E-state index is 0.252. The minimum Gasteiger partial charge on any atom is -0.497 e. The first-order valence-electron chi connectivity index (χ1n) is 7.96. The molecule has 132 valence electrons. The number of para-hydroxylation sites is 1. The molecule has 6 nitrogen and oxygen atoms in total. The number of benzene rings is 2. The number of hydrogen-bond donors (Lipinski definition) is 1. The molecule has 2 aromatic rings. The van der Waals surface area contributed by atoms with Gasteiger partial charge in [0, 0.05) is 18.3 Å². The predicted molar refractivity (Wildman–Crippen MR) is 97.3 cm³/mol. The molecule has 0 spiro atoms. The van der Waals surface area contributed by atoms with Crippen molar-refractivity contribution in [2.24, 2.45) is 0 Å². The van der Waals surface area contributed by atoms with Crippen molar-refractivity contribution in [1.82, 2.24) is 0 Å². The van der Waals surface area contributed by atoms with E-state index in [0.29, 0.717) is 23.7 Å². The summed E-state index contributed by atoms with van der Waals surface area (Å²) < 4.78 is 10.4. The highest BCUT2D eigenvalue weighted by Gasteiger charge is 2.18. The fraction of sp³-hybridized carbons (Fsp3) is 0.263. The van der Waals surface area contributed by atoms with Crippen LogP contribution in [-0.4, -0.2) is 32.6 Å². The van der Waals surface area contributed by atoms with E-state index in [1.54, 1.807) is 30.2 Å². The number of nitrogens with zero attached hydrogens (tertiary/aromatic N) is 1. The maximum atomic E-state index is 12.4. The number of ether oxygens (including phenoxy) is 2. The van der Waals surface area contributed by atoms with Crippen molar-refractivity contribution >= 4 is 23.2 Å². The molecule has 0 radical (unpaired) electrons. The Kier molecular flexibility index (Phi) is 6.39. The van der Waals surface area contributed by atoms with Crippen molar-refractivity contribution in [3.63, 3.8) is 0 Å². The Morgan fingerprint density at radius 1 is 1.04 bits per heavy atom. The lowest BCUT2D eigenvalue weighted by Gasteiger charge is -2.21. The molecule has 0 bridgehead atoms. The fourth-order valence-electron chi connectivity index (χ4n) is 2.44. The van der Waals surface area contributed by atoms with Gasteiger partial charge in [0.05, 0.1) is 19.9 Å². The standard InChI is InChI=1S/C19H22N2O4/c1-4-21(14-8-6-5-7-9-14)19(23)13-18(22)20-16-11-10-15(24-2)12-17(16)25-3/h5-12H,4,13H2,1-3H3,(H,20,22). The van der Waals surface area contributed by atoms with E-state index < -0.39 is 5.91 Å². The first-order valence-corrected chi connectivity index (χ1v) is 7.96. The van der Waals surface area contributed by atoms with E-state index in [4.69, 9.17) is 9.47 Å². The average Bonchev–Trinajstić information content (AvgIpc) is 2.63. The lowest BCUT2D eigenvalue weighted by molar-refractivity contribution is -0.125. The largest absolute Gasteiger partial charge is 0.497 e. The fourth-order valence-corrected chi connectivity index (χ4v) is 2.44. The molecule has 6 heteroatoms. The second kappa shape index (κ2) is 8.73. The molecule has 1 N–H and O–H groups in total. The van der Waals surface area contributed by atoms with Gasteiger partial charge in [-0.3, -0.25) is 9.59 Å². The normalized spacial score (nSPS) is 10.0. The Balaban J connectivity index is 2.05. The zero-order chi connectivity index (χ0) is 18.2. The van der Waals surface area contributed by atoms with Gasteiger partial charge in [-0.25, -0.2) is 0 Å².